The van der Waals surface area contributed by atoms with Gasteiger partial charge in [0.25, 0.3) is 0 Å². The van der Waals surface area contributed by atoms with Gasteiger partial charge in [0.05, 0.1) is 4.47 Å². The highest BCUT2D eigenvalue weighted by Crippen LogP contribution is 2.37. The van der Waals surface area contributed by atoms with Gasteiger partial charge in [-0.1, -0.05) is 0 Å². The molecule has 2 atom stereocenters. The van der Waals surface area contributed by atoms with E-state index in [0.717, 1.165) is 6.07 Å². The number of ether oxygens (including phenoxy) is 1. The minimum Gasteiger partial charge on any atom is -0.385 e. The molecule has 0 fully saturated rings. The van der Waals surface area contributed by atoms with Crippen LogP contribution in [0.2, 0.25) is 0 Å². The summed E-state index contributed by atoms with van der Waals surface area (Å²) in [6.45, 7) is 1.19. The molecule has 1 aromatic carbocycles. The van der Waals surface area contributed by atoms with E-state index >= 15 is 0 Å². The molecule has 2 N–H and O–H groups in total. The van der Waals surface area contributed by atoms with Gasteiger partial charge in [-0.15, -0.1) is 0 Å². The number of benzene rings is 1. The lowest BCUT2D eigenvalue weighted by molar-refractivity contribution is -0.0805. The minimum atomic E-state index is -1.85. The number of nitrogens with zero attached hydrogens (tertiary/aromatic N) is 1. The van der Waals surface area contributed by atoms with Gasteiger partial charge in [0, 0.05) is 11.6 Å². The predicted octanol–water partition coefficient (Wildman–Crippen LogP) is 2.63. The first-order chi connectivity index (χ1) is 8.34. The maximum absolute atomic E-state index is 13.8. The molecule has 0 spiro atoms. The summed E-state index contributed by atoms with van der Waals surface area (Å²) in [6.07, 6.45) is -1.85. The Kier molecular flexibility index (Phi) is 3.37. The molecule has 0 radical (unpaired) electrons. The molecular formula is C11H10BrF3N2O. The molecule has 1 aromatic rings. The van der Waals surface area contributed by atoms with Crippen LogP contribution in [0.1, 0.15) is 12.5 Å². The number of aliphatic imine (C=N–C) groups is 1. The fourth-order valence-electron chi connectivity index (χ4n) is 1.80. The molecule has 2 rings (SSSR count). The molecule has 7 heteroatoms. The average Bonchev–Trinajstić information content (AvgIpc) is 2.29. The molecule has 0 saturated heterocycles. The minimum absolute atomic E-state index is 0.0201. The highest BCUT2D eigenvalue weighted by atomic mass is 79.9. The maximum atomic E-state index is 13.8. The second kappa shape index (κ2) is 4.55. The van der Waals surface area contributed by atoms with Crippen LogP contribution in [0, 0.1) is 11.6 Å². The van der Waals surface area contributed by atoms with Crippen molar-refractivity contribution in [1.29, 1.82) is 0 Å². The predicted molar refractivity (Wildman–Crippen MR) is 63.9 cm³/mol. The Labute approximate surface area is 110 Å². The molecule has 0 bridgehead atoms. The molecule has 1 aliphatic heterocycles. The molecule has 18 heavy (non-hydrogen) atoms. The van der Waals surface area contributed by atoms with Gasteiger partial charge < -0.3 is 10.5 Å². The second-order valence-electron chi connectivity index (χ2n) is 4.12. The zero-order chi connectivity index (χ0) is 13.5. The van der Waals surface area contributed by atoms with Gasteiger partial charge in [0.1, 0.15) is 29.6 Å². The molecule has 0 saturated carbocycles. The van der Waals surface area contributed by atoms with E-state index in [2.05, 4.69) is 20.9 Å². The van der Waals surface area contributed by atoms with E-state index in [0.29, 0.717) is 6.07 Å². The third-order valence-electron chi connectivity index (χ3n) is 2.75. The molecule has 0 amide bonds. The maximum Gasteiger partial charge on any atom is 0.228 e. The first kappa shape index (κ1) is 13.4. The van der Waals surface area contributed by atoms with E-state index in [1.807, 2.05) is 0 Å². The fraction of sp³-hybridized carbons (Fsp3) is 0.364. The van der Waals surface area contributed by atoms with Crippen LogP contribution in [-0.4, -0.2) is 18.8 Å². The Balaban J connectivity index is 2.59. The molecule has 0 aliphatic carbocycles. The van der Waals surface area contributed by atoms with E-state index in [-0.39, 0.29) is 22.5 Å². The number of nitrogens with two attached hydrogens (primary N) is 1. The summed E-state index contributed by atoms with van der Waals surface area (Å²) in [5, 5.41) is 0. The fourth-order valence-corrected chi connectivity index (χ4v) is 2.14. The summed E-state index contributed by atoms with van der Waals surface area (Å²) < 4.78 is 45.6. The number of hydrogen-bond donors (Lipinski definition) is 1. The van der Waals surface area contributed by atoms with E-state index in [9.17, 15) is 13.2 Å². The molecule has 98 valence electrons. The van der Waals surface area contributed by atoms with Crippen LogP contribution in [-0.2, 0) is 10.3 Å². The van der Waals surface area contributed by atoms with Gasteiger partial charge >= 0.3 is 0 Å². The van der Waals surface area contributed by atoms with E-state index in [1.165, 1.54) is 6.92 Å². The van der Waals surface area contributed by atoms with Gasteiger partial charge in [-0.05, 0) is 28.9 Å². The standard InChI is InChI=1S/C11H10BrF3N2O/c1-11(10(15)18-4-9(16)17-11)5-2-6(12)8(14)3-7(5)13/h2-3,10H,4H2,1H3,(H2,16,17)/t10-,11-/m0/s1. The number of hydrogen-bond acceptors (Lipinski definition) is 3. The quantitative estimate of drug-likeness (QED) is 0.808. The number of halogens is 4. The highest BCUT2D eigenvalue weighted by Gasteiger charge is 2.42. The largest absolute Gasteiger partial charge is 0.385 e. The summed E-state index contributed by atoms with van der Waals surface area (Å²) in [5.41, 5.74) is 3.74. The molecule has 0 unspecified atom stereocenters. The van der Waals surface area contributed by atoms with Crippen LogP contribution in [0.25, 0.3) is 0 Å². The highest BCUT2D eigenvalue weighted by molar-refractivity contribution is 9.10. The summed E-state index contributed by atoms with van der Waals surface area (Å²) in [5.74, 6) is -1.61. The van der Waals surface area contributed by atoms with Gasteiger partial charge in [-0.3, -0.25) is 4.99 Å². The number of alkyl halides is 1. The first-order valence-electron chi connectivity index (χ1n) is 5.09. The van der Waals surface area contributed by atoms with Crippen molar-refractivity contribution in [1.82, 2.24) is 0 Å². The smallest absolute Gasteiger partial charge is 0.228 e. The van der Waals surface area contributed by atoms with Crippen molar-refractivity contribution < 1.29 is 17.9 Å². The second-order valence-corrected chi connectivity index (χ2v) is 4.98. The number of rotatable bonds is 1. The Morgan fingerprint density at radius 1 is 1.44 bits per heavy atom. The molecular weight excluding hydrogens is 313 g/mol. The van der Waals surface area contributed by atoms with Crippen LogP contribution in [0.5, 0.6) is 0 Å². The topological polar surface area (TPSA) is 47.6 Å². The van der Waals surface area contributed by atoms with Gasteiger partial charge in [0.2, 0.25) is 6.36 Å². The van der Waals surface area contributed by atoms with E-state index < -0.39 is 23.5 Å². The van der Waals surface area contributed by atoms with Crippen LogP contribution in [0.4, 0.5) is 13.2 Å². The van der Waals surface area contributed by atoms with Crippen molar-refractivity contribution in [3.8, 4) is 0 Å². The van der Waals surface area contributed by atoms with Gasteiger partial charge in [0.15, 0.2) is 0 Å². The lowest BCUT2D eigenvalue weighted by atomic mass is 9.91. The van der Waals surface area contributed by atoms with E-state index in [1.54, 1.807) is 0 Å². The molecule has 1 aliphatic rings. The molecule has 0 aromatic heterocycles. The monoisotopic (exact) mass is 322 g/mol. The summed E-state index contributed by atoms with van der Waals surface area (Å²) >= 11 is 2.92. The third kappa shape index (κ3) is 2.12. The Morgan fingerprint density at radius 2 is 2.11 bits per heavy atom. The Hall–Kier alpha value is -1.08. The Morgan fingerprint density at radius 3 is 2.78 bits per heavy atom. The zero-order valence-electron chi connectivity index (χ0n) is 9.38. The van der Waals surface area contributed by atoms with Crippen molar-refractivity contribution in [2.24, 2.45) is 10.7 Å². The number of amidine groups is 1. The van der Waals surface area contributed by atoms with Crippen molar-refractivity contribution in [2.75, 3.05) is 6.61 Å². The lowest BCUT2D eigenvalue weighted by Gasteiger charge is -2.33. The first-order valence-corrected chi connectivity index (χ1v) is 5.89. The van der Waals surface area contributed by atoms with Gasteiger partial charge in [-0.2, -0.15) is 0 Å². The van der Waals surface area contributed by atoms with Crippen molar-refractivity contribution in [3.05, 3.63) is 33.8 Å². The van der Waals surface area contributed by atoms with Crippen molar-refractivity contribution in [2.45, 2.75) is 18.8 Å². The summed E-state index contributed by atoms with van der Waals surface area (Å²) in [4.78, 5) is 3.91. The third-order valence-corrected chi connectivity index (χ3v) is 3.36. The molecule has 1 heterocycles. The summed E-state index contributed by atoms with van der Waals surface area (Å²) in [7, 11) is 0. The van der Waals surface area contributed by atoms with Crippen LogP contribution in [0.15, 0.2) is 21.6 Å². The van der Waals surface area contributed by atoms with Crippen LogP contribution >= 0.6 is 15.9 Å². The molecule has 3 nitrogen and oxygen atoms in total. The van der Waals surface area contributed by atoms with Gasteiger partial charge in [-0.25, -0.2) is 13.2 Å². The van der Waals surface area contributed by atoms with Crippen LogP contribution in [0.3, 0.4) is 0 Å². The van der Waals surface area contributed by atoms with Crippen LogP contribution < -0.4 is 5.73 Å². The average molecular weight is 323 g/mol. The zero-order valence-corrected chi connectivity index (χ0v) is 11.0. The van der Waals surface area contributed by atoms with Crippen molar-refractivity contribution >= 4 is 21.8 Å². The normalized spacial score (nSPS) is 28.1. The Bertz CT molecular complexity index is 523. The summed E-state index contributed by atoms with van der Waals surface area (Å²) in [6, 6.07) is 1.81. The van der Waals surface area contributed by atoms with Crippen molar-refractivity contribution in [3.63, 3.8) is 0 Å². The van der Waals surface area contributed by atoms with E-state index in [4.69, 9.17) is 10.5 Å². The SMILES string of the molecule is C[C@@]1(c2cc(Br)c(F)cc2F)N=C(N)CO[C@@H]1F. The lowest BCUT2D eigenvalue weighted by Crippen LogP contribution is -2.43.